The van der Waals surface area contributed by atoms with Crippen molar-refractivity contribution in [3.63, 3.8) is 0 Å². The van der Waals surface area contributed by atoms with Gasteiger partial charge in [0.25, 0.3) is 0 Å². The standard InChI is InChI=1S/C32H52N2O12S2.C19H34N2O5S2.C18H28N2O8S2.C7H10O3.C4H12N2S2.C2H3N/c1-21(2)29(39)43-17-25(35)13-33(14-26(36)18-44-30(40)22(3)4)9-11-47-48-12-10-34(15-27(37)19-45-31(41)23(5)6)16-28(38)20-46-32(42)24(7)8;1-14(2)16(5)25-12-17(22)10-20-6-8-27-28-9-7-21-11-18(23)13-26-19(24)15(3)4;1-13(2)15(21)25-7-9-27-17(23)19-5-11-29-30-12-6-20-18(24)28-10-8-26-16(22)14(3)4;1-5(2)7(8)10-4-6-3-9-6;5-1-3-7-8-4-2-6;1-2-3/h25-28,35-38H,1,3,5,7,9-20H2,2,4,6,8H3;17-18,20-23H,1,3,5-13H2,2,4H3;1,3,5-12H2,2,4H3,(H,19,23)(H,20,24);6H,1,3-4H2,2H3;1-6H2;1H3. The minimum absolute atomic E-state index is 0.0290. The van der Waals surface area contributed by atoms with Crippen LogP contribution in [0.25, 0.3) is 0 Å². The molecule has 0 radical (unpaired) electrons. The van der Waals surface area contributed by atoms with E-state index in [9.17, 15) is 78.6 Å². The number of epoxide rings is 1. The number of aliphatic hydroxyl groups is 6. The van der Waals surface area contributed by atoms with Crippen LogP contribution in [-0.2, 0) is 95.2 Å². The molecule has 1 aliphatic heterocycles. The Morgan fingerprint density at radius 1 is 0.370 bits per heavy atom. The number of carbonyl (C=O) groups excluding carboxylic acids is 10. The van der Waals surface area contributed by atoms with E-state index < -0.39 is 90.6 Å². The second-order valence-electron chi connectivity index (χ2n) is 26.9. The summed E-state index contributed by atoms with van der Waals surface area (Å²) in [4.78, 5) is 117. The molecule has 0 bridgehead atoms. The number of hydrogen-bond donors (Lipinski definition) is 12. The molecular formula is C82H139N9O28S8. The Balaban J connectivity index is -0.000000540. The van der Waals surface area contributed by atoms with Crippen LogP contribution in [0.2, 0.25) is 0 Å². The van der Waals surface area contributed by atoms with Crippen molar-refractivity contribution in [2.45, 2.75) is 112 Å². The van der Waals surface area contributed by atoms with Gasteiger partial charge in [-0.3, -0.25) is 9.80 Å². The van der Waals surface area contributed by atoms with Crippen molar-refractivity contribution < 1.29 is 135 Å². The minimum Gasteiger partial charge on any atom is -0.491 e. The number of nitrogens with one attached hydrogen (secondary N) is 4. The van der Waals surface area contributed by atoms with Crippen LogP contribution >= 0.6 is 86.4 Å². The van der Waals surface area contributed by atoms with E-state index in [4.69, 9.17) is 73.6 Å². The highest BCUT2D eigenvalue weighted by molar-refractivity contribution is 8.77. The first-order valence-electron chi connectivity index (χ1n) is 39.6. The van der Waals surface area contributed by atoms with E-state index in [1.807, 2.05) is 0 Å². The molecule has 1 fully saturated rings. The van der Waals surface area contributed by atoms with E-state index in [-0.39, 0.29) is 138 Å². The summed E-state index contributed by atoms with van der Waals surface area (Å²) >= 11 is 0. The van der Waals surface area contributed by atoms with E-state index in [1.54, 1.807) is 79.8 Å². The first-order chi connectivity index (χ1) is 59.9. The first-order valence-corrected chi connectivity index (χ1v) is 49.5. The average molecular weight is 1960 g/mol. The molecule has 2 amide bonds. The summed E-state index contributed by atoms with van der Waals surface area (Å²) in [6.45, 7) is 56.5. The third-order valence-electron chi connectivity index (χ3n) is 13.6. The predicted octanol–water partition coefficient (Wildman–Crippen LogP) is 5.77. The number of nitrogens with zero attached hydrogens (tertiary/aromatic N) is 3. The Morgan fingerprint density at radius 3 is 0.874 bits per heavy atom. The molecule has 1 aliphatic rings. The molecule has 0 aromatic heterocycles. The van der Waals surface area contributed by atoms with E-state index in [0.717, 1.165) is 54.8 Å². The van der Waals surface area contributed by atoms with Gasteiger partial charge in [-0.25, -0.2) is 47.9 Å². The molecule has 0 aromatic rings. The van der Waals surface area contributed by atoms with Gasteiger partial charge in [0.15, 0.2) is 0 Å². The summed E-state index contributed by atoms with van der Waals surface area (Å²) in [7, 11) is 13.1. The Bertz CT molecular complexity index is 3080. The number of hydrogen-bond acceptors (Lipinski definition) is 43. The lowest BCUT2D eigenvalue weighted by Crippen LogP contribution is -2.42. The monoisotopic (exact) mass is 1950 g/mol. The van der Waals surface area contributed by atoms with Crippen molar-refractivity contribution in [1.29, 1.82) is 5.26 Å². The van der Waals surface area contributed by atoms with E-state index >= 15 is 0 Å². The van der Waals surface area contributed by atoms with Gasteiger partial charge in [-0.1, -0.05) is 152 Å². The molecule has 1 saturated heterocycles. The van der Waals surface area contributed by atoms with Gasteiger partial charge in [0.2, 0.25) is 0 Å². The van der Waals surface area contributed by atoms with Crippen LogP contribution in [-0.4, -0.2) is 360 Å². The zero-order valence-corrected chi connectivity index (χ0v) is 81.6. The summed E-state index contributed by atoms with van der Waals surface area (Å²) in [6.07, 6.45) is -6.55. The van der Waals surface area contributed by atoms with Crippen LogP contribution in [0, 0.1) is 11.3 Å². The second kappa shape index (κ2) is 86.0. The molecule has 14 N–H and O–H groups in total. The number of alkyl carbamates (subject to hydrolysis) is 2. The first kappa shape index (κ1) is 129. The predicted molar refractivity (Wildman–Crippen MR) is 508 cm³/mol. The lowest BCUT2D eigenvalue weighted by atomic mass is 10.2. The Morgan fingerprint density at radius 2 is 0.606 bits per heavy atom. The smallest absolute Gasteiger partial charge is 0.407 e. The maximum Gasteiger partial charge on any atom is 0.407 e. The topological polar surface area (TPSA) is 537 Å². The fourth-order valence-corrected chi connectivity index (χ4v) is 14.7. The highest BCUT2D eigenvalue weighted by atomic mass is 33.1. The quantitative estimate of drug-likeness (QED) is 0.00503. The lowest BCUT2D eigenvalue weighted by molar-refractivity contribution is -0.143. The van der Waals surface area contributed by atoms with Crippen molar-refractivity contribution in [3.05, 3.63) is 122 Å². The molecule has 0 saturated carbocycles. The number of allylic oxidation sites excluding steroid dienone is 1. The summed E-state index contributed by atoms with van der Waals surface area (Å²) in [6, 6.07) is 1.75. The Kier molecular flexibility index (Phi) is 87.2. The van der Waals surface area contributed by atoms with Crippen LogP contribution in [0.5, 0.6) is 0 Å². The maximum absolute atomic E-state index is 11.7. The molecule has 127 heavy (non-hydrogen) atoms. The number of nitrogens with two attached hydrogens (primary N) is 2. The van der Waals surface area contributed by atoms with Gasteiger partial charge in [0.05, 0.1) is 12.7 Å². The molecule has 1 heterocycles. The summed E-state index contributed by atoms with van der Waals surface area (Å²) in [5.41, 5.74) is 13.3. The van der Waals surface area contributed by atoms with E-state index in [0.29, 0.717) is 92.4 Å². The third kappa shape index (κ3) is 89.6. The van der Waals surface area contributed by atoms with Gasteiger partial charge < -0.3 is 120 Å². The molecule has 37 nitrogen and oxygen atoms in total. The van der Waals surface area contributed by atoms with Gasteiger partial charge in [0, 0.05) is 189 Å². The fraction of sp³-hybridized carbons (Fsp3) is 0.622. The van der Waals surface area contributed by atoms with Crippen LogP contribution < -0.4 is 32.7 Å². The van der Waals surface area contributed by atoms with Gasteiger partial charge in [-0.2, -0.15) is 5.26 Å². The van der Waals surface area contributed by atoms with Gasteiger partial charge in [-0.15, -0.1) is 0 Å². The summed E-state index contributed by atoms with van der Waals surface area (Å²) in [5, 5.41) is 80.0. The zero-order valence-electron chi connectivity index (χ0n) is 75.1. The number of nitriles is 1. The van der Waals surface area contributed by atoms with Gasteiger partial charge >= 0.3 is 59.9 Å². The normalized spacial score (nSPS) is 12.7. The molecule has 7 unspecified atom stereocenters. The lowest BCUT2D eigenvalue weighted by Gasteiger charge is -2.27. The number of rotatable bonds is 68. The Labute approximate surface area is 781 Å². The number of aliphatic hydroxyl groups excluding tert-OH is 6. The molecular weight excluding hydrogens is 1820 g/mol. The maximum atomic E-state index is 11.7. The highest BCUT2D eigenvalue weighted by Gasteiger charge is 2.25. The average Bonchev–Trinajstić information content (AvgIpc) is 1.87. The molecule has 45 heteroatoms. The highest BCUT2D eigenvalue weighted by Crippen LogP contribution is 2.23. The Hall–Kier alpha value is -6.73. The van der Waals surface area contributed by atoms with Crippen LogP contribution in [0.1, 0.15) is 69.2 Å². The van der Waals surface area contributed by atoms with Crippen molar-refractivity contribution in [1.82, 2.24) is 31.1 Å². The minimum atomic E-state index is -1.05. The second-order valence-corrected chi connectivity index (χ2v) is 37.7. The molecule has 1 rings (SSSR count). The molecule has 0 spiro atoms. The van der Waals surface area contributed by atoms with Crippen molar-refractivity contribution >= 4 is 146 Å². The molecule has 0 aliphatic carbocycles. The fourth-order valence-electron chi connectivity index (χ4n) is 7.23. The number of amides is 2. The summed E-state index contributed by atoms with van der Waals surface area (Å²) in [5.74, 6) is 2.36. The molecule has 0 aromatic carbocycles. The van der Waals surface area contributed by atoms with E-state index in [2.05, 4.69) is 87.1 Å². The van der Waals surface area contributed by atoms with Crippen molar-refractivity contribution in [2.24, 2.45) is 11.5 Å². The SMILES string of the molecule is C=C(C)C(=C)OCC(O)CNCCSSCCNCC(O)COC(=O)C(=C)C.C=C(C)C(=O)OCC(O)CN(CCSSCCN(CC(O)COC(=O)C(=C)C)CC(O)COC(=O)C(=C)C)CC(O)COC(=O)C(=C)C.C=C(C)C(=O)OCC1CO1.C=C(C)C(=O)OCCOC(=O)NCCSSCCNC(=O)OCCOC(=O)C(=C)C.CC#N.NCCSSCCN. The summed E-state index contributed by atoms with van der Waals surface area (Å²) < 4.78 is 59.1. The van der Waals surface area contributed by atoms with Gasteiger partial charge in [-0.05, 0) is 67.9 Å². The number of carbonyl (C=O) groups is 10. The van der Waals surface area contributed by atoms with Crippen LogP contribution in [0.15, 0.2) is 122 Å². The van der Waals surface area contributed by atoms with Gasteiger partial charge in [0.1, 0.15) is 121 Å². The molecule has 7 atom stereocenters. The van der Waals surface area contributed by atoms with Crippen molar-refractivity contribution in [2.75, 3.05) is 217 Å². The zero-order chi connectivity index (χ0) is 97.5. The van der Waals surface area contributed by atoms with Crippen LogP contribution in [0.4, 0.5) is 9.59 Å². The van der Waals surface area contributed by atoms with Crippen molar-refractivity contribution in [3.8, 4) is 6.07 Å². The largest absolute Gasteiger partial charge is 0.491 e. The van der Waals surface area contributed by atoms with E-state index in [1.165, 1.54) is 91.6 Å². The van der Waals surface area contributed by atoms with Crippen LogP contribution in [0.3, 0.4) is 0 Å². The number of esters is 8. The molecule has 728 valence electrons. The number of ether oxygens (including phenoxy) is 12. The third-order valence-corrected chi connectivity index (χ3v) is 23.3.